The number of ether oxygens (including phenoxy) is 2. The molecule has 0 bridgehead atoms. The number of allylic oxidation sites excluding steroid dienone is 6. The highest BCUT2D eigenvalue weighted by molar-refractivity contribution is 5.83. The second-order valence-corrected chi connectivity index (χ2v) is 7.82. The van der Waals surface area contributed by atoms with Gasteiger partial charge in [-0.2, -0.15) is 0 Å². The van der Waals surface area contributed by atoms with Crippen LogP contribution in [0.1, 0.15) is 53.9 Å². The van der Waals surface area contributed by atoms with E-state index in [-0.39, 0.29) is 22.6 Å². The van der Waals surface area contributed by atoms with Crippen molar-refractivity contribution in [3.05, 3.63) is 47.6 Å². The van der Waals surface area contributed by atoms with E-state index in [1.165, 1.54) is 26.0 Å². The quantitative estimate of drug-likeness (QED) is 0.311. The van der Waals surface area contributed by atoms with Gasteiger partial charge in [0.1, 0.15) is 5.60 Å². The molecule has 2 fully saturated rings. The Balaban J connectivity index is 2.04. The minimum Gasteiger partial charge on any atom is -0.466 e. The highest BCUT2D eigenvalue weighted by Crippen LogP contribution is 2.66. The van der Waals surface area contributed by atoms with E-state index >= 15 is 0 Å². The standard InChI is InChI=1S/C21H30O3/c1-16(9-7-10-17(2)15-18(22)23-6)11-14-21-19(3,4)12-8-13-20(21,5)24-21/h7,9-11,14-15H,8,12-13H2,1-6H3/b10-7+,14-11+,16-9+,17-15+/t20-,21+/m1/s1. The summed E-state index contributed by atoms with van der Waals surface area (Å²) in [5.41, 5.74) is 2.07. The van der Waals surface area contributed by atoms with Gasteiger partial charge in [-0.1, -0.05) is 43.7 Å². The average Bonchev–Trinajstić information content (AvgIpc) is 3.13. The molecule has 0 aromatic heterocycles. The summed E-state index contributed by atoms with van der Waals surface area (Å²) in [5, 5.41) is 0. The van der Waals surface area contributed by atoms with Crippen molar-refractivity contribution in [1.29, 1.82) is 0 Å². The summed E-state index contributed by atoms with van der Waals surface area (Å²) in [6, 6.07) is 0. The van der Waals surface area contributed by atoms with Gasteiger partial charge in [0.15, 0.2) is 0 Å². The van der Waals surface area contributed by atoms with Crippen molar-refractivity contribution < 1.29 is 14.3 Å². The zero-order chi connectivity index (χ0) is 18.0. The van der Waals surface area contributed by atoms with Gasteiger partial charge in [0, 0.05) is 11.5 Å². The van der Waals surface area contributed by atoms with Crippen LogP contribution in [0.3, 0.4) is 0 Å². The third-order valence-corrected chi connectivity index (χ3v) is 5.44. The molecule has 2 aliphatic rings. The fraction of sp³-hybridized carbons (Fsp3) is 0.571. The highest BCUT2D eigenvalue weighted by Gasteiger charge is 2.73. The molecule has 0 radical (unpaired) electrons. The van der Waals surface area contributed by atoms with Gasteiger partial charge in [-0.25, -0.2) is 4.79 Å². The van der Waals surface area contributed by atoms with Crippen LogP contribution in [0.25, 0.3) is 0 Å². The van der Waals surface area contributed by atoms with Crippen molar-refractivity contribution in [3.63, 3.8) is 0 Å². The van der Waals surface area contributed by atoms with Crippen LogP contribution in [-0.2, 0) is 14.3 Å². The van der Waals surface area contributed by atoms with Crippen LogP contribution in [0.5, 0.6) is 0 Å². The maximum absolute atomic E-state index is 11.2. The Morgan fingerprint density at radius 3 is 2.42 bits per heavy atom. The number of esters is 1. The van der Waals surface area contributed by atoms with Crippen molar-refractivity contribution in [2.45, 2.75) is 65.1 Å². The molecular formula is C21H30O3. The lowest BCUT2D eigenvalue weighted by molar-refractivity contribution is -0.134. The first-order valence-electron chi connectivity index (χ1n) is 8.66. The molecule has 1 aliphatic heterocycles. The number of carbonyl (C=O) groups excluding carboxylic acids is 1. The van der Waals surface area contributed by atoms with Crippen LogP contribution < -0.4 is 0 Å². The maximum Gasteiger partial charge on any atom is 0.330 e. The molecule has 0 aromatic rings. The number of methoxy groups -OCH3 is 1. The Labute approximate surface area is 146 Å². The summed E-state index contributed by atoms with van der Waals surface area (Å²) in [6.45, 7) is 10.8. The van der Waals surface area contributed by atoms with Crippen molar-refractivity contribution in [2.24, 2.45) is 5.41 Å². The number of carbonyl (C=O) groups is 1. The van der Waals surface area contributed by atoms with Crippen LogP contribution in [0.2, 0.25) is 0 Å². The number of hydrogen-bond donors (Lipinski definition) is 0. The van der Waals surface area contributed by atoms with Gasteiger partial charge in [-0.15, -0.1) is 0 Å². The van der Waals surface area contributed by atoms with Crippen LogP contribution >= 0.6 is 0 Å². The van der Waals surface area contributed by atoms with Crippen molar-refractivity contribution in [1.82, 2.24) is 0 Å². The highest BCUT2D eigenvalue weighted by atomic mass is 16.6. The molecule has 3 heteroatoms. The first-order valence-corrected chi connectivity index (χ1v) is 8.66. The van der Waals surface area contributed by atoms with E-state index in [1.807, 2.05) is 25.2 Å². The lowest BCUT2D eigenvalue weighted by Crippen LogP contribution is -2.41. The Morgan fingerprint density at radius 1 is 1.08 bits per heavy atom. The third-order valence-electron chi connectivity index (χ3n) is 5.44. The van der Waals surface area contributed by atoms with Crippen LogP contribution in [-0.4, -0.2) is 24.3 Å². The van der Waals surface area contributed by atoms with E-state index in [0.717, 1.165) is 17.6 Å². The summed E-state index contributed by atoms with van der Waals surface area (Å²) >= 11 is 0. The summed E-state index contributed by atoms with van der Waals surface area (Å²) in [5.74, 6) is -0.332. The zero-order valence-corrected chi connectivity index (χ0v) is 15.8. The molecule has 1 saturated carbocycles. The van der Waals surface area contributed by atoms with Gasteiger partial charge >= 0.3 is 5.97 Å². The lowest BCUT2D eigenvalue weighted by atomic mass is 9.64. The minimum absolute atomic E-state index is 0.00120. The van der Waals surface area contributed by atoms with E-state index in [2.05, 4.69) is 44.6 Å². The smallest absolute Gasteiger partial charge is 0.330 e. The van der Waals surface area contributed by atoms with Gasteiger partial charge < -0.3 is 9.47 Å². The Bertz CT molecular complexity index is 621. The Hall–Kier alpha value is -1.61. The largest absolute Gasteiger partial charge is 0.466 e. The van der Waals surface area contributed by atoms with E-state index in [9.17, 15) is 4.79 Å². The molecule has 0 amide bonds. The molecule has 2 atom stereocenters. The second kappa shape index (κ2) is 6.72. The minimum atomic E-state index is -0.332. The summed E-state index contributed by atoms with van der Waals surface area (Å²) in [7, 11) is 1.38. The number of hydrogen-bond acceptors (Lipinski definition) is 3. The summed E-state index contributed by atoms with van der Waals surface area (Å²) < 4.78 is 10.8. The van der Waals surface area contributed by atoms with Crippen molar-refractivity contribution >= 4 is 5.97 Å². The van der Waals surface area contributed by atoms with E-state index < -0.39 is 0 Å². The van der Waals surface area contributed by atoms with Gasteiger partial charge in [-0.05, 0) is 51.7 Å². The van der Waals surface area contributed by atoms with Crippen LogP contribution in [0.15, 0.2) is 47.6 Å². The third kappa shape index (κ3) is 3.56. The lowest BCUT2D eigenvalue weighted by Gasteiger charge is -2.36. The molecule has 24 heavy (non-hydrogen) atoms. The first-order chi connectivity index (χ1) is 11.2. The summed E-state index contributed by atoms with van der Waals surface area (Å²) in [6.07, 6.45) is 15.3. The maximum atomic E-state index is 11.2. The molecule has 132 valence electrons. The molecule has 3 nitrogen and oxygen atoms in total. The topological polar surface area (TPSA) is 38.8 Å². The molecule has 1 heterocycles. The molecule has 1 saturated heterocycles. The molecule has 1 aliphatic carbocycles. The Kier molecular flexibility index (Phi) is 5.24. The van der Waals surface area contributed by atoms with E-state index in [0.29, 0.717) is 0 Å². The molecule has 0 spiro atoms. The Morgan fingerprint density at radius 2 is 1.79 bits per heavy atom. The zero-order valence-electron chi connectivity index (χ0n) is 15.8. The predicted octanol–water partition coefficient (Wildman–Crippen LogP) is 4.90. The first kappa shape index (κ1) is 18.7. The van der Waals surface area contributed by atoms with E-state index in [1.54, 1.807) is 0 Å². The molecule has 0 aromatic carbocycles. The normalized spacial score (nSPS) is 32.9. The summed E-state index contributed by atoms with van der Waals surface area (Å²) in [4.78, 5) is 11.2. The van der Waals surface area contributed by atoms with Crippen molar-refractivity contribution in [2.75, 3.05) is 7.11 Å². The van der Waals surface area contributed by atoms with Crippen molar-refractivity contribution in [3.8, 4) is 0 Å². The van der Waals surface area contributed by atoms with E-state index in [4.69, 9.17) is 4.74 Å². The van der Waals surface area contributed by atoms with Gasteiger partial charge in [-0.3, -0.25) is 0 Å². The molecule has 0 unspecified atom stereocenters. The molecule has 0 N–H and O–H groups in total. The SMILES string of the molecule is COC(=O)/C=C(C)/C=C/C=C(C)/C=C/[C@@]12O[C@]1(C)CCCC2(C)C. The molecular weight excluding hydrogens is 300 g/mol. The number of epoxide rings is 1. The second-order valence-electron chi connectivity index (χ2n) is 7.82. The average molecular weight is 330 g/mol. The van der Waals surface area contributed by atoms with Gasteiger partial charge in [0.2, 0.25) is 0 Å². The fourth-order valence-corrected chi connectivity index (χ4v) is 3.86. The fourth-order valence-electron chi connectivity index (χ4n) is 3.86. The van der Waals surface area contributed by atoms with Crippen LogP contribution in [0, 0.1) is 5.41 Å². The van der Waals surface area contributed by atoms with Gasteiger partial charge in [0.05, 0.1) is 12.7 Å². The van der Waals surface area contributed by atoms with Gasteiger partial charge in [0.25, 0.3) is 0 Å². The number of rotatable bonds is 5. The number of fused-ring (bicyclic) bond motifs is 1. The molecule has 2 rings (SSSR count). The monoisotopic (exact) mass is 330 g/mol. The van der Waals surface area contributed by atoms with Crippen LogP contribution in [0.4, 0.5) is 0 Å². The predicted molar refractivity (Wildman–Crippen MR) is 97.7 cm³/mol.